The van der Waals surface area contributed by atoms with Gasteiger partial charge in [0.15, 0.2) is 5.78 Å². The summed E-state index contributed by atoms with van der Waals surface area (Å²) < 4.78 is 14.2. The van der Waals surface area contributed by atoms with Crippen molar-refractivity contribution in [2.75, 3.05) is 50.7 Å². The second-order valence-electron chi connectivity index (χ2n) is 6.26. The van der Waals surface area contributed by atoms with Crippen LogP contribution in [0.25, 0.3) is 0 Å². The van der Waals surface area contributed by atoms with Crippen LogP contribution in [0.4, 0.5) is 14.9 Å². The number of benzene rings is 1. The summed E-state index contributed by atoms with van der Waals surface area (Å²) in [5.41, 5.74) is 0.823. The summed E-state index contributed by atoms with van der Waals surface area (Å²) in [6.45, 7) is 4.87. The minimum absolute atomic E-state index is 0.167. The van der Waals surface area contributed by atoms with Gasteiger partial charge in [0.2, 0.25) is 5.91 Å². The molecule has 25 heavy (non-hydrogen) atoms. The Hall–Kier alpha value is -2.48. The molecule has 0 unspecified atom stereocenters. The van der Waals surface area contributed by atoms with Gasteiger partial charge in [-0.1, -0.05) is 0 Å². The largest absolute Gasteiger partial charge is 0.367 e. The van der Waals surface area contributed by atoms with E-state index in [1.807, 2.05) is 9.80 Å². The lowest BCUT2D eigenvalue weighted by Gasteiger charge is -2.36. The SMILES string of the molecule is CC(=O)c1ccc(N2CCN(CC(=O)N3CCNC3=O)CC2)c(F)c1. The predicted octanol–water partition coefficient (Wildman–Crippen LogP) is 0.702. The lowest BCUT2D eigenvalue weighted by molar-refractivity contribution is -0.128. The highest BCUT2D eigenvalue weighted by molar-refractivity contribution is 5.96. The molecule has 0 bridgehead atoms. The maximum Gasteiger partial charge on any atom is 0.324 e. The van der Waals surface area contributed by atoms with Gasteiger partial charge in [-0.05, 0) is 25.1 Å². The predicted molar refractivity (Wildman–Crippen MR) is 90.2 cm³/mol. The number of anilines is 1. The average Bonchev–Trinajstić information content (AvgIpc) is 3.02. The summed E-state index contributed by atoms with van der Waals surface area (Å²) in [5, 5.41) is 2.61. The molecular formula is C17H21FN4O3. The summed E-state index contributed by atoms with van der Waals surface area (Å²) in [6.07, 6.45) is 0. The molecule has 8 heteroatoms. The number of halogens is 1. The number of nitrogens with one attached hydrogen (secondary N) is 1. The van der Waals surface area contributed by atoms with Crippen molar-refractivity contribution in [3.05, 3.63) is 29.6 Å². The molecule has 0 saturated carbocycles. The van der Waals surface area contributed by atoms with Gasteiger partial charge in [-0.15, -0.1) is 0 Å². The molecule has 2 aliphatic rings. The highest BCUT2D eigenvalue weighted by Gasteiger charge is 2.28. The number of hydrogen-bond donors (Lipinski definition) is 1. The van der Waals surface area contributed by atoms with Gasteiger partial charge < -0.3 is 10.2 Å². The molecule has 0 spiro atoms. The van der Waals surface area contributed by atoms with Gasteiger partial charge >= 0.3 is 6.03 Å². The van der Waals surface area contributed by atoms with E-state index in [0.717, 1.165) is 0 Å². The lowest BCUT2D eigenvalue weighted by Crippen LogP contribution is -2.50. The zero-order valence-corrected chi connectivity index (χ0v) is 14.1. The number of imide groups is 1. The van der Waals surface area contributed by atoms with Gasteiger partial charge in [0.1, 0.15) is 5.82 Å². The fourth-order valence-electron chi connectivity index (χ4n) is 3.12. The van der Waals surface area contributed by atoms with E-state index in [-0.39, 0.29) is 24.3 Å². The van der Waals surface area contributed by atoms with E-state index in [2.05, 4.69) is 5.32 Å². The van der Waals surface area contributed by atoms with Crippen LogP contribution in [0.5, 0.6) is 0 Å². The highest BCUT2D eigenvalue weighted by atomic mass is 19.1. The Kier molecular flexibility index (Phi) is 4.98. The first-order valence-corrected chi connectivity index (χ1v) is 8.31. The normalized spacial score (nSPS) is 18.4. The van der Waals surface area contributed by atoms with Crippen LogP contribution >= 0.6 is 0 Å². The van der Waals surface area contributed by atoms with E-state index in [1.165, 1.54) is 17.9 Å². The minimum atomic E-state index is -0.411. The fraction of sp³-hybridized carbons (Fsp3) is 0.471. The standard InChI is InChI=1S/C17H21FN4O3/c1-12(23)13-2-3-15(14(18)10-13)21-8-6-20(7-9-21)11-16(24)22-5-4-19-17(22)25/h2-3,10H,4-9,11H2,1H3,(H,19,25). The number of rotatable bonds is 4. The monoisotopic (exact) mass is 348 g/mol. The molecule has 3 amide bonds. The Morgan fingerprint density at radius 1 is 1.16 bits per heavy atom. The fourth-order valence-corrected chi connectivity index (χ4v) is 3.12. The molecule has 1 N–H and O–H groups in total. The molecule has 0 radical (unpaired) electrons. The number of ketones is 1. The number of urea groups is 1. The maximum atomic E-state index is 14.2. The van der Waals surface area contributed by atoms with E-state index in [0.29, 0.717) is 50.5 Å². The number of carbonyl (C=O) groups is 3. The Labute approximate surface area is 145 Å². The van der Waals surface area contributed by atoms with E-state index >= 15 is 0 Å². The summed E-state index contributed by atoms with van der Waals surface area (Å²) in [7, 11) is 0. The number of hydrogen-bond acceptors (Lipinski definition) is 5. The van der Waals surface area contributed by atoms with Crippen molar-refractivity contribution < 1.29 is 18.8 Å². The molecule has 2 fully saturated rings. The smallest absolute Gasteiger partial charge is 0.324 e. The lowest BCUT2D eigenvalue weighted by atomic mass is 10.1. The quantitative estimate of drug-likeness (QED) is 0.811. The molecule has 3 rings (SSSR count). The molecule has 0 aromatic heterocycles. The van der Waals surface area contributed by atoms with Gasteiger partial charge in [0, 0.05) is 44.8 Å². The molecule has 134 valence electrons. The summed E-state index contributed by atoms with van der Waals surface area (Å²) in [4.78, 5) is 40.1. The van der Waals surface area contributed by atoms with Gasteiger partial charge in [-0.2, -0.15) is 0 Å². The van der Waals surface area contributed by atoms with Crippen molar-refractivity contribution in [3.8, 4) is 0 Å². The van der Waals surface area contributed by atoms with E-state index < -0.39 is 5.82 Å². The number of Topliss-reactive ketones (excluding diaryl/α,β-unsaturated/α-hetero) is 1. The van der Waals surface area contributed by atoms with Crippen LogP contribution < -0.4 is 10.2 Å². The number of amides is 3. The van der Waals surface area contributed by atoms with Crippen molar-refractivity contribution in [1.82, 2.24) is 15.1 Å². The first-order valence-electron chi connectivity index (χ1n) is 8.31. The Balaban J connectivity index is 1.56. The van der Waals surface area contributed by atoms with Crippen molar-refractivity contribution in [3.63, 3.8) is 0 Å². The zero-order valence-electron chi connectivity index (χ0n) is 14.1. The maximum absolute atomic E-state index is 14.2. The second kappa shape index (κ2) is 7.18. The molecule has 2 saturated heterocycles. The van der Waals surface area contributed by atoms with E-state index in [4.69, 9.17) is 0 Å². The highest BCUT2D eigenvalue weighted by Crippen LogP contribution is 2.22. The van der Waals surface area contributed by atoms with Gasteiger partial charge in [0.05, 0.1) is 12.2 Å². The molecule has 0 atom stereocenters. The third-order valence-corrected chi connectivity index (χ3v) is 4.58. The molecule has 0 aliphatic carbocycles. The van der Waals surface area contributed by atoms with Gasteiger partial charge in [-0.3, -0.25) is 19.4 Å². The van der Waals surface area contributed by atoms with Crippen LogP contribution in [0, 0.1) is 5.82 Å². The van der Waals surface area contributed by atoms with Gasteiger partial charge in [-0.25, -0.2) is 9.18 Å². The topological polar surface area (TPSA) is 73.0 Å². The number of carbonyl (C=O) groups excluding carboxylic acids is 3. The molecule has 2 heterocycles. The molecule has 2 aliphatic heterocycles. The molecule has 1 aromatic carbocycles. The second-order valence-corrected chi connectivity index (χ2v) is 6.26. The van der Waals surface area contributed by atoms with Crippen molar-refractivity contribution >= 4 is 23.4 Å². The van der Waals surface area contributed by atoms with E-state index in [1.54, 1.807) is 12.1 Å². The minimum Gasteiger partial charge on any atom is -0.367 e. The summed E-state index contributed by atoms with van der Waals surface area (Å²) in [5.74, 6) is -0.786. The van der Waals surface area contributed by atoms with Crippen LogP contribution in [0.1, 0.15) is 17.3 Å². The third-order valence-electron chi connectivity index (χ3n) is 4.58. The molecule has 1 aromatic rings. The van der Waals surface area contributed by atoms with Crippen LogP contribution in [0.15, 0.2) is 18.2 Å². The first-order chi connectivity index (χ1) is 12.0. The average molecular weight is 348 g/mol. The molecular weight excluding hydrogens is 327 g/mol. The molecule has 7 nitrogen and oxygen atoms in total. The van der Waals surface area contributed by atoms with Crippen LogP contribution in [-0.4, -0.2) is 73.3 Å². The third kappa shape index (κ3) is 3.79. The van der Waals surface area contributed by atoms with Crippen molar-refractivity contribution in [1.29, 1.82) is 0 Å². The summed E-state index contributed by atoms with van der Waals surface area (Å²) in [6, 6.07) is 4.18. The van der Waals surface area contributed by atoms with Crippen LogP contribution in [0.3, 0.4) is 0 Å². The Morgan fingerprint density at radius 2 is 1.88 bits per heavy atom. The van der Waals surface area contributed by atoms with E-state index in [9.17, 15) is 18.8 Å². The number of nitrogens with zero attached hydrogens (tertiary/aromatic N) is 3. The number of piperazine rings is 1. The summed E-state index contributed by atoms with van der Waals surface area (Å²) >= 11 is 0. The van der Waals surface area contributed by atoms with Gasteiger partial charge in [0.25, 0.3) is 0 Å². The Bertz CT molecular complexity index is 701. The van der Waals surface area contributed by atoms with Crippen LogP contribution in [0.2, 0.25) is 0 Å². The van der Waals surface area contributed by atoms with Crippen LogP contribution in [-0.2, 0) is 4.79 Å². The Morgan fingerprint density at radius 3 is 2.44 bits per heavy atom. The van der Waals surface area contributed by atoms with Crippen molar-refractivity contribution in [2.24, 2.45) is 0 Å². The first kappa shape index (κ1) is 17.3. The van der Waals surface area contributed by atoms with Crippen molar-refractivity contribution in [2.45, 2.75) is 6.92 Å². The zero-order chi connectivity index (χ0) is 18.0.